The Morgan fingerprint density at radius 1 is 1.23 bits per heavy atom. The highest BCUT2D eigenvalue weighted by Gasteiger charge is 2.27. The van der Waals surface area contributed by atoms with Gasteiger partial charge >= 0.3 is 12.0 Å². The van der Waals surface area contributed by atoms with Crippen molar-refractivity contribution in [3.8, 4) is 0 Å². The van der Waals surface area contributed by atoms with Crippen LogP contribution in [0.15, 0.2) is 24.3 Å². The molecule has 6 nitrogen and oxygen atoms in total. The molecule has 2 amide bonds. The van der Waals surface area contributed by atoms with E-state index in [1.807, 2.05) is 0 Å². The summed E-state index contributed by atoms with van der Waals surface area (Å²) in [5.41, 5.74) is 2.69. The van der Waals surface area contributed by atoms with Gasteiger partial charge in [-0.3, -0.25) is 4.79 Å². The lowest BCUT2D eigenvalue weighted by molar-refractivity contribution is -0.143. The van der Waals surface area contributed by atoms with Gasteiger partial charge in [-0.25, -0.2) is 4.79 Å². The summed E-state index contributed by atoms with van der Waals surface area (Å²) in [5.74, 6) is -1.26. The summed E-state index contributed by atoms with van der Waals surface area (Å²) in [6.45, 7) is 2.08. The zero-order chi connectivity index (χ0) is 18.4. The van der Waals surface area contributed by atoms with E-state index in [-0.39, 0.29) is 12.1 Å². The molecule has 2 atom stereocenters. The summed E-state index contributed by atoms with van der Waals surface area (Å²) in [6.07, 6.45) is 5.63. The van der Waals surface area contributed by atoms with Crippen LogP contribution in [0.5, 0.6) is 0 Å². The Bertz CT molecular complexity index is 634. The van der Waals surface area contributed by atoms with Crippen molar-refractivity contribution >= 4 is 12.0 Å². The van der Waals surface area contributed by atoms with E-state index in [1.54, 1.807) is 4.90 Å². The number of fused-ring (bicyclic) bond motifs is 1. The van der Waals surface area contributed by atoms with Gasteiger partial charge in [-0.15, -0.1) is 0 Å². The molecule has 1 aliphatic carbocycles. The predicted molar refractivity (Wildman–Crippen MR) is 98.0 cm³/mol. The third-order valence-electron chi connectivity index (χ3n) is 5.29. The Hall–Kier alpha value is -2.08. The molecule has 0 bridgehead atoms. The van der Waals surface area contributed by atoms with E-state index in [0.717, 1.165) is 32.1 Å². The van der Waals surface area contributed by atoms with Gasteiger partial charge in [0, 0.05) is 26.2 Å². The first kappa shape index (κ1) is 18.7. The van der Waals surface area contributed by atoms with Crippen molar-refractivity contribution in [2.45, 2.75) is 44.6 Å². The molecule has 2 aliphatic rings. The van der Waals surface area contributed by atoms with Gasteiger partial charge in [-0.05, 0) is 49.7 Å². The lowest BCUT2D eigenvalue weighted by atomic mass is 9.89. The first-order valence-corrected chi connectivity index (χ1v) is 9.60. The molecule has 1 aliphatic heterocycles. The quantitative estimate of drug-likeness (QED) is 0.765. The number of aryl methyl sites for hydroxylation is 1. The largest absolute Gasteiger partial charge is 0.481 e. The highest BCUT2D eigenvalue weighted by Crippen LogP contribution is 2.32. The van der Waals surface area contributed by atoms with Crippen molar-refractivity contribution < 1.29 is 19.4 Å². The average Bonchev–Trinajstić information content (AvgIpc) is 2.67. The van der Waals surface area contributed by atoms with Crippen LogP contribution in [0.3, 0.4) is 0 Å². The Kier molecular flexibility index (Phi) is 6.50. The van der Waals surface area contributed by atoms with Gasteiger partial charge in [0.05, 0.1) is 12.0 Å². The van der Waals surface area contributed by atoms with Crippen molar-refractivity contribution in [2.75, 3.05) is 26.2 Å². The molecule has 3 rings (SSSR count). The number of likely N-dealkylation sites (tertiary alicyclic amines) is 1. The van der Waals surface area contributed by atoms with Gasteiger partial charge in [-0.1, -0.05) is 24.3 Å². The zero-order valence-electron chi connectivity index (χ0n) is 15.2. The number of benzene rings is 1. The van der Waals surface area contributed by atoms with Crippen LogP contribution in [0.25, 0.3) is 0 Å². The molecule has 6 heteroatoms. The first-order valence-electron chi connectivity index (χ1n) is 9.60. The number of hydrogen-bond donors (Lipinski definition) is 2. The number of carboxylic acid groups (broad SMARTS) is 1. The Balaban J connectivity index is 1.36. The average molecular weight is 360 g/mol. The molecule has 1 fully saturated rings. The van der Waals surface area contributed by atoms with Crippen LogP contribution < -0.4 is 5.32 Å². The molecule has 142 valence electrons. The van der Waals surface area contributed by atoms with Gasteiger partial charge in [-0.2, -0.15) is 0 Å². The normalized spacial score (nSPS) is 22.5. The second-order valence-electron chi connectivity index (χ2n) is 7.16. The second-order valence-corrected chi connectivity index (χ2v) is 7.16. The highest BCUT2D eigenvalue weighted by atomic mass is 16.5. The highest BCUT2D eigenvalue weighted by molar-refractivity contribution is 5.76. The van der Waals surface area contributed by atoms with Crippen LogP contribution >= 0.6 is 0 Å². The van der Waals surface area contributed by atoms with Crippen molar-refractivity contribution in [1.82, 2.24) is 10.2 Å². The number of nitrogens with zero attached hydrogens (tertiary/aromatic N) is 1. The molecule has 26 heavy (non-hydrogen) atoms. The summed E-state index contributed by atoms with van der Waals surface area (Å²) in [5, 5.41) is 12.0. The third-order valence-corrected chi connectivity index (χ3v) is 5.29. The fourth-order valence-electron chi connectivity index (χ4n) is 3.85. The molecule has 1 aromatic rings. The molecule has 1 heterocycles. The lowest BCUT2D eigenvalue weighted by Gasteiger charge is -2.30. The van der Waals surface area contributed by atoms with Gasteiger partial charge < -0.3 is 20.1 Å². The predicted octanol–water partition coefficient (Wildman–Crippen LogP) is 2.98. The van der Waals surface area contributed by atoms with Crippen LogP contribution in [0.2, 0.25) is 0 Å². The Labute approximate surface area is 154 Å². The molecule has 1 saturated heterocycles. The van der Waals surface area contributed by atoms with E-state index < -0.39 is 11.9 Å². The number of nitrogens with one attached hydrogen (secondary N) is 1. The number of hydrogen-bond acceptors (Lipinski definition) is 3. The number of piperidine rings is 1. The van der Waals surface area contributed by atoms with E-state index in [4.69, 9.17) is 9.84 Å². The van der Waals surface area contributed by atoms with E-state index >= 15 is 0 Å². The van der Waals surface area contributed by atoms with Gasteiger partial charge in [0.1, 0.15) is 0 Å². The van der Waals surface area contributed by atoms with Crippen LogP contribution in [0, 0.1) is 5.92 Å². The third kappa shape index (κ3) is 4.75. The number of carbonyl (C=O) groups is 2. The smallest absolute Gasteiger partial charge is 0.317 e. The number of amides is 2. The summed E-state index contributed by atoms with van der Waals surface area (Å²) < 4.78 is 6.04. The maximum atomic E-state index is 12.2. The van der Waals surface area contributed by atoms with E-state index in [2.05, 4.69) is 29.6 Å². The fourth-order valence-corrected chi connectivity index (χ4v) is 3.85. The second kappa shape index (κ2) is 9.03. The number of carbonyl (C=O) groups excluding carboxylic acids is 1. The summed E-state index contributed by atoms with van der Waals surface area (Å²) >= 11 is 0. The molecule has 0 aromatic heterocycles. The number of ether oxygens (including phenoxy) is 1. The van der Waals surface area contributed by atoms with Gasteiger partial charge in [0.15, 0.2) is 0 Å². The fraction of sp³-hybridized carbons (Fsp3) is 0.600. The monoisotopic (exact) mass is 360 g/mol. The van der Waals surface area contributed by atoms with Crippen molar-refractivity contribution in [3.05, 3.63) is 35.4 Å². The topological polar surface area (TPSA) is 78.9 Å². The Morgan fingerprint density at radius 3 is 2.92 bits per heavy atom. The van der Waals surface area contributed by atoms with Gasteiger partial charge in [0.25, 0.3) is 0 Å². The van der Waals surface area contributed by atoms with Crippen LogP contribution in [0.1, 0.15) is 49.3 Å². The van der Waals surface area contributed by atoms with Crippen molar-refractivity contribution in [2.24, 2.45) is 5.92 Å². The molecular formula is C20H28N2O4. The molecule has 2 N–H and O–H groups in total. The maximum Gasteiger partial charge on any atom is 0.317 e. The first-order chi connectivity index (χ1) is 12.6. The molecular weight excluding hydrogens is 332 g/mol. The summed E-state index contributed by atoms with van der Waals surface area (Å²) in [6, 6.07) is 8.29. The minimum absolute atomic E-state index is 0.161. The van der Waals surface area contributed by atoms with Crippen LogP contribution in [0.4, 0.5) is 4.79 Å². The zero-order valence-corrected chi connectivity index (χ0v) is 15.2. The molecule has 0 spiro atoms. The number of urea groups is 1. The maximum absolute atomic E-state index is 12.2. The minimum Gasteiger partial charge on any atom is -0.481 e. The molecule has 1 aromatic carbocycles. The van der Waals surface area contributed by atoms with Gasteiger partial charge in [0.2, 0.25) is 0 Å². The number of aliphatic carboxylic acids is 1. The van der Waals surface area contributed by atoms with Crippen LogP contribution in [-0.4, -0.2) is 48.2 Å². The van der Waals surface area contributed by atoms with E-state index in [0.29, 0.717) is 32.7 Å². The van der Waals surface area contributed by atoms with Crippen molar-refractivity contribution in [3.63, 3.8) is 0 Å². The molecule has 2 unspecified atom stereocenters. The Morgan fingerprint density at radius 2 is 2.08 bits per heavy atom. The van der Waals surface area contributed by atoms with Crippen LogP contribution in [-0.2, 0) is 16.0 Å². The standard InChI is InChI=1S/C20H28N2O4/c23-19(24)16-8-4-12-22(14-16)20(25)21-11-5-13-26-18-10-3-7-15-6-1-2-9-17(15)18/h1-2,6,9,16,18H,3-5,7-8,10-14H2,(H,21,25)(H,23,24). The van der Waals surface area contributed by atoms with Crippen molar-refractivity contribution in [1.29, 1.82) is 0 Å². The lowest BCUT2D eigenvalue weighted by Crippen LogP contribution is -2.47. The van der Waals surface area contributed by atoms with E-state index in [9.17, 15) is 9.59 Å². The summed E-state index contributed by atoms with van der Waals surface area (Å²) in [7, 11) is 0. The molecule has 0 radical (unpaired) electrons. The SMILES string of the molecule is O=C(O)C1CCCN(C(=O)NCCCOC2CCCc3ccccc32)C1. The summed E-state index contributed by atoms with van der Waals surface area (Å²) in [4.78, 5) is 24.9. The number of carboxylic acids is 1. The van der Waals surface area contributed by atoms with E-state index in [1.165, 1.54) is 11.1 Å². The molecule has 0 saturated carbocycles. The minimum atomic E-state index is -0.816. The number of rotatable bonds is 6.